The van der Waals surface area contributed by atoms with E-state index in [-0.39, 0.29) is 13.1 Å². The van der Waals surface area contributed by atoms with Crippen LogP contribution in [-0.2, 0) is 20.9 Å². The molecular weight excluding hydrogens is 375 g/mol. The standard InChI is InChI=1S/C19H18ClFN2O4/c1-23(11-14-4-2-3-5-16(14)21)17(24)12-27-18(25)10-22-19(26)13-6-8-15(20)9-7-13/h2-9H,10-12H2,1H3,(H,22,26). The van der Waals surface area contributed by atoms with E-state index in [0.29, 0.717) is 16.1 Å². The van der Waals surface area contributed by atoms with E-state index in [1.807, 2.05) is 0 Å². The van der Waals surface area contributed by atoms with Gasteiger partial charge < -0.3 is 15.0 Å². The number of amides is 2. The number of benzene rings is 2. The molecule has 142 valence electrons. The highest BCUT2D eigenvalue weighted by molar-refractivity contribution is 6.30. The molecule has 2 aromatic rings. The van der Waals surface area contributed by atoms with Crippen molar-refractivity contribution in [3.63, 3.8) is 0 Å². The van der Waals surface area contributed by atoms with Crippen LogP contribution in [0.3, 0.4) is 0 Å². The highest BCUT2D eigenvalue weighted by Crippen LogP contribution is 2.10. The second-order valence-corrected chi connectivity index (χ2v) is 6.13. The second-order valence-electron chi connectivity index (χ2n) is 5.69. The maximum atomic E-state index is 13.6. The number of hydrogen-bond donors (Lipinski definition) is 1. The van der Waals surface area contributed by atoms with Gasteiger partial charge >= 0.3 is 5.97 Å². The Kier molecular flexibility index (Phi) is 7.31. The van der Waals surface area contributed by atoms with E-state index < -0.39 is 30.2 Å². The number of esters is 1. The maximum absolute atomic E-state index is 13.6. The summed E-state index contributed by atoms with van der Waals surface area (Å²) in [4.78, 5) is 36.8. The van der Waals surface area contributed by atoms with E-state index in [4.69, 9.17) is 16.3 Å². The summed E-state index contributed by atoms with van der Waals surface area (Å²) in [6, 6.07) is 12.2. The number of ether oxygens (including phenoxy) is 1. The van der Waals surface area contributed by atoms with E-state index in [1.54, 1.807) is 30.3 Å². The summed E-state index contributed by atoms with van der Waals surface area (Å²) >= 11 is 5.74. The fourth-order valence-electron chi connectivity index (χ4n) is 2.13. The molecule has 0 aliphatic carbocycles. The van der Waals surface area contributed by atoms with Crippen LogP contribution < -0.4 is 5.32 Å². The van der Waals surface area contributed by atoms with Gasteiger partial charge in [-0.2, -0.15) is 0 Å². The molecule has 0 saturated heterocycles. The molecule has 8 heteroatoms. The molecule has 0 atom stereocenters. The van der Waals surface area contributed by atoms with Crippen LogP contribution in [0.4, 0.5) is 4.39 Å². The summed E-state index contributed by atoms with van der Waals surface area (Å²) in [5, 5.41) is 2.88. The Balaban J connectivity index is 1.74. The summed E-state index contributed by atoms with van der Waals surface area (Å²) in [5.41, 5.74) is 0.697. The van der Waals surface area contributed by atoms with Gasteiger partial charge in [0.15, 0.2) is 6.61 Å². The predicted octanol–water partition coefficient (Wildman–Crippen LogP) is 2.41. The number of carbonyl (C=O) groups is 3. The maximum Gasteiger partial charge on any atom is 0.325 e. The molecule has 0 aromatic heterocycles. The third-order valence-electron chi connectivity index (χ3n) is 3.65. The first-order valence-corrected chi connectivity index (χ1v) is 8.41. The molecule has 0 bridgehead atoms. The van der Waals surface area contributed by atoms with Crippen LogP contribution in [0, 0.1) is 5.82 Å². The Morgan fingerprint density at radius 1 is 1.11 bits per heavy atom. The third kappa shape index (κ3) is 6.38. The highest BCUT2D eigenvalue weighted by atomic mass is 35.5. The van der Waals surface area contributed by atoms with Crippen molar-refractivity contribution >= 4 is 29.4 Å². The van der Waals surface area contributed by atoms with Crippen molar-refractivity contribution in [1.82, 2.24) is 10.2 Å². The molecule has 6 nitrogen and oxygen atoms in total. The summed E-state index contributed by atoms with van der Waals surface area (Å²) in [6.45, 7) is -0.831. The lowest BCUT2D eigenvalue weighted by atomic mass is 10.2. The molecule has 0 aliphatic rings. The van der Waals surface area contributed by atoms with E-state index in [1.165, 1.54) is 30.1 Å². The Bertz CT molecular complexity index is 827. The molecule has 0 heterocycles. The van der Waals surface area contributed by atoms with Crippen molar-refractivity contribution in [2.45, 2.75) is 6.54 Å². The van der Waals surface area contributed by atoms with Crippen LogP contribution in [-0.4, -0.2) is 42.9 Å². The molecule has 0 aliphatic heterocycles. The van der Waals surface area contributed by atoms with Crippen molar-refractivity contribution in [2.24, 2.45) is 0 Å². The zero-order valence-corrected chi connectivity index (χ0v) is 15.3. The van der Waals surface area contributed by atoms with Crippen molar-refractivity contribution in [2.75, 3.05) is 20.2 Å². The van der Waals surface area contributed by atoms with Crippen LogP contribution in [0.25, 0.3) is 0 Å². The van der Waals surface area contributed by atoms with Gasteiger partial charge in [0.1, 0.15) is 12.4 Å². The van der Waals surface area contributed by atoms with Gasteiger partial charge in [0.05, 0.1) is 0 Å². The van der Waals surface area contributed by atoms with Gasteiger partial charge in [-0.15, -0.1) is 0 Å². The molecule has 0 unspecified atom stereocenters. The SMILES string of the molecule is CN(Cc1ccccc1F)C(=O)COC(=O)CNC(=O)c1ccc(Cl)cc1. The molecule has 2 aromatic carbocycles. The number of hydrogen-bond acceptors (Lipinski definition) is 4. The lowest BCUT2D eigenvalue weighted by molar-refractivity contribution is -0.150. The Morgan fingerprint density at radius 3 is 2.44 bits per heavy atom. The molecule has 2 rings (SSSR count). The number of nitrogens with one attached hydrogen (secondary N) is 1. The van der Waals surface area contributed by atoms with Gasteiger partial charge in [0, 0.05) is 29.7 Å². The van der Waals surface area contributed by atoms with Crippen molar-refractivity contribution in [1.29, 1.82) is 0 Å². The molecule has 2 amide bonds. The Labute approximate surface area is 160 Å². The number of halogens is 2. The quantitative estimate of drug-likeness (QED) is 0.734. The topological polar surface area (TPSA) is 75.7 Å². The second kappa shape index (κ2) is 9.68. The fraction of sp³-hybridized carbons (Fsp3) is 0.211. The van der Waals surface area contributed by atoms with Gasteiger partial charge in [-0.25, -0.2) is 4.39 Å². The first-order valence-electron chi connectivity index (χ1n) is 8.03. The summed E-state index contributed by atoms with van der Waals surface area (Å²) in [7, 11) is 1.48. The molecule has 1 N–H and O–H groups in total. The lowest BCUT2D eigenvalue weighted by Crippen LogP contribution is -2.34. The van der Waals surface area contributed by atoms with Crippen molar-refractivity contribution in [3.8, 4) is 0 Å². The predicted molar refractivity (Wildman–Crippen MR) is 97.6 cm³/mol. The van der Waals surface area contributed by atoms with Crippen LogP contribution in [0.15, 0.2) is 48.5 Å². The average Bonchev–Trinajstić information content (AvgIpc) is 2.66. The first-order chi connectivity index (χ1) is 12.9. The van der Waals surface area contributed by atoms with Crippen LogP contribution in [0.1, 0.15) is 15.9 Å². The summed E-state index contributed by atoms with van der Waals surface area (Å²) < 4.78 is 18.4. The van der Waals surface area contributed by atoms with Gasteiger partial charge in [0.2, 0.25) is 0 Å². The number of carbonyl (C=O) groups excluding carboxylic acids is 3. The van der Waals surface area contributed by atoms with Crippen molar-refractivity contribution < 1.29 is 23.5 Å². The van der Waals surface area contributed by atoms with Gasteiger partial charge in [-0.05, 0) is 30.3 Å². The van der Waals surface area contributed by atoms with E-state index >= 15 is 0 Å². The van der Waals surface area contributed by atoms with E-state index in [9.17, 15) is 18.8 Å². The molecule has 0 fully saturated rings. The third-order valence-corrected chi connectivity index (χ3v) is 3.90. The zero-order chi connectivity index (χ0) is 19.8. The normalized spacial score (nSPS) is 10.2. The van der Waals surface area contributed by atoms with Crippen molar-refractivity contribution in [3.05, 3.63) is 70.5 Å². The number of nitrogens with zero attached hydrogens (tertiary/aromatic N) is 1. The van der Waals surface area contributed by atoms with E-state index in [0.717, 1.165) is 0 Å². The number of rotatable bonds is 7. The summed E-state index contributed by atoms with van der Waals surface area (Å²) in [6.07, 6.45) is 0. The molecular formula is C19H18ClFN2O4. The molecule has 0 spiro atoms. The number of likely N-dealkylation sites (N-methyl/N-ethyl adjacent to an activating group) is 1. The fourth-order valence-corrected chi connectivity index (χ4v) is 2.26. The average molecular weight is 393 g/mol. The van der Waals surface area contributed by atoms with Crippen LogP contribution in [0.5, 0.6) is 0 Å². The van der Waals surface area contributed by atoms with Gasteiger partial charge in [-0.1, -0.05) is 29.8 Å². The zero-order valence-electron chi connectivity index (χ0n) is 14.6. The Morgan fingerprint density at radius 2 is 1.78 bits per heavy atom. The monoisotopic (exact) mass is 392 g/mol. The minimum absolute atomic E-state index is 0.0519. The minimum Gasteiger partial charge on any atom is -0.454 e. The highest BCUT2D eigenvalue weighted by Gasteiger charge is 2.15. The van der Waals surface area contributed by atoms with Crippen LogP contribution in [0.2, 0.25) is 5.02 Å². The largest absolute Gasteiger partial charge is 0.454 e. The molecule has 27 heavy (non-hydrogen) atoms. The van der Waals surface area contributed by atoms with Crippen LogP contribution >= 0.6 is 11.6 Å². The smallest absolute Gasteiger partial charge is 0.325 e. The van der Waals surface area contributed by atoms with Gasteiger partial charge in [0.25, 0.3) is 11.8 Å². The molecule has 0 saturated carbocycles. The first kappa shape index (κ1) is 20.4. The van der Waals surface area contributed by atoms with Gasteiger partial charge in [-0.3, -0.25) is 14.4 Å². The Hall–Kier alpha value is -2.93. The minimum atomic E-state index is -0.759. The van der Waals surface area contributed by atoms with E-state index in [2.05, 4.69) is 5.32 Å². The summed E-state index contributed by atoms with van der Waals surface area (Å²) in [5.74, 6) is -2.13. The molecule has 0 radical (unpaired) electrons. The lowest BCUT2D eigenvalue weighted by Gasteiger charge is -2.17.